The van der Waals surface area contributed by atoms with Crippen LogP contribution in [0.25, 0.3) is 0 Å². The fourth-order valence-corrected chi connectivity index (χ4v) is 2.13. The Labute approximate surface area is 130 Å². The van der Waals surface area contributed by atoms with Crippen molar-refractivity contribution in [2.24, 2.45) is 0 Å². The molecule has 0 aromatic carbocycles. The minimum atomic E-state index is -3.89. The smallest absolute Gasteiger partial charge is 0.333 e. The van der Waals surface area contributed by atoms with Crippen LogP contribution in [0.5, 0.6) is 0 Å². The van der Waals surface area contributed by atoms with E-state index in [1.807, 2.05) is 0 Å². The Morgan fingerprint density at radius 1 is 1.09 bits per heavy atom. The normalized spacial score (nSPS) is 10.9. The standard InChI is InChI=1S/C13H25N2O6P/c1-11(2)12(16)21-9-8-15-13(17)14-7-5-3-4-6-10-22(18,19)20/h1,3-10H2,2H3,(H2,14,15,17)(H2,18,19,20). The van der Waals surface area contributed by atoms with Crippen molar-refractivity contribution in [2.75, 3.05) is 25.9 Å². The van der Waals surface area contributed by atoms with Crippen molar-refractivity contribution < 1.29 is 28.7 Å². The highest BCUT2D eigenvalue weighted by Gasteiger charge is 2.11. The van der Waals surface area contributed by atoms with Gasteiger partial charge in [-0.3, -0.25) is 4.57 Å². The van der Waals surface area contributed by atoms with Gasteiger partial charge in [0.05, 0.1) is 6.54 Å². The largest absolute Gasteiger partial charge is 0.460 e. The van der Waals surface area contributed by atoms with Crippen LogP contribution in [0.4, 0.5) is 4.79 Å². The third-order valence-electron chi connectivity index (χ3n) is 2.63. The minimum absolute atomic E-state index is 0.0848. The molecule has 0 unspecified atom stereocenters. The summed E-state index contributed by atoms with van der Waals surface area (Å²) in [6.45, 7) is 5.76. The van der Waals surface area contributed by atoms with E-state index in [0.717, 1.165) is 12.8 Å². The SMILES string of the molecule is C=C(C)C(=O)OCCNC(=O)NCCCCCCP(=O)(O)O. The number of amides is 2. The summed E-state index contributed by atoms with van der Waals surface area (Å²) in [7, 11) is -3.89. The van der Waals surface area contributed by atoms with E-state index in [1.165, 1.54) is 0 Å². The number of hydrogen-bond acceptors (Lipinski definition) is 4. The predicted molar refractivity (Wildman–Crippen MR) is 82.6 cm³/mol. The van der Waals surface area contributed by atoms with E-state index < -0.39 is 13.6 Å². The van der Waals surface area contributed by atoms with Gasteiger partial charge in [0.1, 0.15) is 6.61 Å². The number of esters is 1. The summed E-state index contributed by atoms with van der Waals surface area (Å²) >= 11 is 0. The van der Waals surface area contributed by atoms with E-state index in [1.54, 1.807) is 6.92 Å². The second kappa shape index (κ2) is 11.2. The van der Waals surface area contributed by atoms with Crippen LogP contribution >= 0.6 is 7.60 Å². The van der Waals surface area contributed by atoms with Gasteiger partial charge in [-0.1, -0.05) is 19.4 Å². The van der Waals surface area contributed by atoms with E-state index in [-0.39, 0.29) is 25.3 Å². The molecule has 22 heavy (non-hydrogen) atoms. The van der Waals surface area contributed by atoms with Crippen LogP contribution in [0.15, 0.2) is 12.2 Å². The maximum atomic E-state index is 11.4. The Kier molecular flexibility index (Phi) is 10.5. The Hall–Kier alpha value is -1.37. The molecule has 0 aromatic heterocycles. The molecule has 0 saturated carbocycles. The van der Waals surface area contributed by atoms with Gasteiger partial charge in [-0.05, 0) is 19.8 Å². The van der Waals surface area contributed by atoms with Crippen molar-refractivity contribution in [3.63, 3.8) is 0 Å². The molecule has 4 N–H and O–H groups in total. The summed E-state index contributed by atoms with van der Waals surface area (Å²) < 4.78 is 15.4. The lowest BCUT2D eigenvalue weighted by atomic mass is 10.2. The molecule has 0 aliphatic heterocycles. The van der Waals surface area contributed by atoms with Gasteiger partial charge in [0.2, 0.25) is 0 Å². The highest BCUT2D eigenvalue weighted by atomic mass is 31.2. The van der Waals surface area contributed by atoms with Gasteiger partial charge in [0.15, 0.2) is 0 Å². The Balaban J connectivity index is 3.42. The first-order valence-electron chi connectivity index (χ1n) is 7.11. The van der Waals surface area contributed by atoms with Crippen molar-refractivity contribution in [3.8, 4) is 0 Å². The zero-order valence-corrected chi connectivity index (χ0v) is 13.7. The Bertz CT molecular complexity index is 421. The van der Waals surface area contributed by atoms with Gasteiger partial charge in [0, 0.05) is 18.3 Å². The number of nitrogens with one attached hydrogen (secondary N) is 2. The van der Waals surface area contributed by atoms with Gasteiger partial charge in [0.25, 0.3) is 0 Å². The summed E-state index contributed by atoms with van der Waals surface area (Å²) in [5.41, 5.74) is 0.309. The first kappa shape index (κ1) is 20.6. The molecule has 2 amide bonds. The van der Waals surface area contributed by atoms with Crippen LogP contribution in [0, 0.1) is 0 Å². The molecule has 0 rings (SSSR count). The van der Waals surface area contributed by atoms with Gasteiger partial charge in [-0.25, -0.2) is 9.59 Å². The fourth-order valence-electron chi connectivity index (χ4n) is 1.49. The van der Waals surface area contributed by atoms with E-state index in [0.29, 0.717) is 25.0 Å². The Morgan fingerprint density at radius 3 is 2.27 bits per heavy atom. The van der Waals surface area contributed by atoms with Crippen LogP contribution in [-0.4, -0.2) is 47.6 Å². The molecule has 0 fully saturated rings. The molecule has 0 saturated heterocycles. The molecule has 0 bridgehead atoms. The fraction of sp³-hybridized carbons (Fsp3) is 0.692. The monoisotopic (exact) mass is 336 g/mol. The molecule has 0 aliphatic carbocycles. The predicted octanol–water partition coefficient (Wildman–Crippen LogP) is 1.14. The average Bonchev–Trinajstić information content (AvgIpc) is 2.40. The molecular weight excluding hydrogens is 311 g/mol. The molecule has 0 heterocycles. The van der Waals surface area contributed by atoms with Crippen LogP contribution in [0.2, 0.25) is 0 Å². The van der Waals surface area contributed by atoms with E-state index in [2.05, 4.69) is 17.2 Å². The number of carbonyl (C=O) groups is 2. The van der Waals surface area contributed by atoms with E-state index in [9.17, 15) is 14.2 Å². The van der Waals surface area contributed by atoms with Crippen molar-refractivity contribution in [2.45, 2.75) is 32.6 Å². The van der Waals surface area contributed by atoms with Gasteiger partial charge >= 0.3 is 19.6 Å². The molecule has 0 radical (unpaired) electrons. The zero-order valence-electron chi connectivity index (χ0n) is 12.8. The summed E-state index contributed by atoms with van der Waals surface area (Å²) in [5.74, 6) is -0.488. The van der Waals surface area contributed by atoms with Gasteiger partial charge < -0.3 is 25.2 Å². The summed E-state index contributed by atoms with van der Waals surface area (Å²) in [6, 6.07) is -0.346. The van der Waals surface area contributed by atoms with Crippen LogP contribution in [0.1, 0.15) is 32.6 Å². The van der Waals surface area contributed by atoms with Crippen LogP contribution < -0.4 is 10.6 Å². The summed E-state index contributed by atoms with van der Waals surface area (Å²) in [4.78, 5) is 39.7. The second-order valence-corrected chi connectivity index (χ2v) is 6.68. The van der Waals surface area contributed by atoms with Gasteiger partial charge in [-0.15, -0.1) is 0 Å². The maximum Gasteiger partial charge on any atom is 0.333 e. The third kappa shape index (κ3) is 13.6. The van der Waals surface area contributed by atoms with E-state index in [4.69, 9.17) is 14.5 Å². The maximum absolute atomic E-state index is 11.4. The van der Waals surface area contributed by atoms with Crippen molar-refractivity contribution >= 4 is 19.6 Å². The van der Waals surface area contributed by atoms with Crippen LogP contribution in [0.3, 0.4) is 0 Å². The van der Waals surface area contributed by atoms with Crippen molar-refractivity contribution in [1.29, 1.82) is 0 Å². The third-order valence-corrected chi connectivity index (χ3v) is 3.53. The van der Waals surface area contributed by atoms with Crippen LogP contribution in [-0.2, 0) is 14.1 Å². The lowest BCUT2D eigenvalue weighted by Crippen LogP contribution is -2.38. The number of carbonyl (C=O) groups excluding carboxylic acids is 2. The molecule has 128 valence electrons. The first-order chi connectivity index (χ1) is 10.2. The molecule has 0 atom stereocenters. The molecule has 9 heteroatoms. The number of hydrogen-bond donors (Lipinski definition) is 4. The van der Waals surface area contributed by atoms with Gasteiger partial charge in [-0.2, -0.15) is 0 Å². The lowest BCUT2D eigenvalue weighted by molar-refractivity contribution is -0.138. The molecule has 0 aromatic rings. The van der Waals surface area contributed by atoms with E-state index >= 15 is 0 Å². The zero-order chi connectivity index (χ0) is 17.0. The van der Waals surface area contributed by atoms with Crippen molar-refractivity contribution in [3.05, 3.63) is 12.2 Å². The topological polar surface area (TPSA) is 125 Å². The van der Waals surface area contributed by atoms with Crippen molar-refractivity contribution in [1.82, 2.24) is 10.6 Å². The number of ether oxygens (including phenoxy) is 1. The number of urea groups is 1. The quantitative estimate of drug-likeness (QED) is 0.194. The average molecular weight is 336 g/mol. The summed E-state index contributed by atoms with van der Waals surface area (Å²) in [6.07, 6.45) is 2.62. The highest BCUT2D eigenvalue weighted by Crippen LogP contribution is 2.35. The molecule has 0 aliphatic rings. The lowest BCUT2D eigenvalue weighted by Gasteiger charge is -2.08. The highest BCUT2D eigenvalue weighted by molar-refractivity contribution is 7.51. The molecule has 0 spiro atoms. The minimum Gasteiger partial charge on any atom is -0.460 e. The molecule has 8 nitrogen and oxygen atoms in total. The molecular formula is C13H25N2O6P. The Morgan fingerprint density at radius 2 is 1.68 bits per heavy atom. The number of unbranched alkanes of at least 4 members (excludes halogenated alkanes) is 3. The second-order valence-electron chi connectivity index (χ2n) is 4.90. The first-order valence-corrected chi connectivity index (χ1v) is 8.91. The number of rotatable bonds is 11. The summed E-state index contributed by atoms with van der Waals surface area (Å²) in [5, 5.41) is 5.18.